The van der Waals surface area contributed by atoms with Crippen LogP contribution in [0.25, 0.3) is 0 Å². The number of hydrogen-bond donors (Lipinski definition) is 2. The maximum absolute atomic E-state index is 8.80. The maximum Gasteiger partial charge on any atom is 0.124 e. The fourth-order valence-electron chi connectivity index (χ4n) is 1.43. The Labute approximate surface area is 94.6 Å². The van der Waals surface area contributed by atoms with Gasteiger partial charge in [0.2, 0.25) is 0 Å². The first-order chi connectivity index (χ1) is 7.20. The van der Waals surface area contributed by atoms with Gasteiger partial charge >= 0.3 is 0 Å². The first kappa shape index (κ1) is 12.4. The van der Waals surface area contributed by atoms with Crippen molar-refractivity contribution in [3.63, 3.8) is 0 Å². The monoisotopic (exact) mass is 227 g/mol. The fraction of sp³-hybridized carbons (Fsp3) is 0.455. The summed E-state index contributed by atoms with van der Waals surface area (Å²) in [6.07, 6.45) is 0. The van der Waals surface area contributed by atoms with E-state index in [-0.39, 0.29) is 12.6 Å². The van der Waals surface area contributed by atoms with Crippen molar-refractivity contribution in [2.45, 2.75) is 17.9 Å². The Kier molecular flexibility index (Phi) is 4.94. The molecule has 0 aliphatic carbocycles. The van der Waals surface area contributed by atoms with E-state index < -0.39 is 0 Å². The Morgan fingerprint density at radius 2 is 2.27 bits per heavy atom. The van der Waals surface area contributed by atoms with Gasteiger partial charge in [-0.05, 0) is 19.1 Å². The highest BCUT2D eigenvalue weighted by Gasteiger charge is 2.12. The quantitative estimate of drug-likeness (QED) is 0.753. The summed E-state index contributed by atoms with van der Waals surface area (Å²) in [5, 5.41) is 8.80. The van der Waals surface area contributed by atoms with Gasteiger partial charge in [0, 0.05) is 22.3 Å². The van der Waals surface area contributed by atoms with Gasteiger partial charge in [-0.3, -0.25) is 0 Å². The van der Waals surface area contributed by atoms with Crippen molar-refractivity contribution in [1.29, 1.82) is 0 Å². The summed E-state index contributed by atoms with van der Waals surface area (Å²) in [5.74, 6) is 1.49. The Morgan fingerprint density at radius 1 is 1.53 bits per heavy atom. The topological polar surface area (TPSA) is 55.5 Å². The molecule has 84 valence electrons. The molecule has 3 N–H and O–H groups in total. The molecule has 1 aromatic rings. The third-order valence-electron chi connectivity index (χ3n) is 2.05. The van der Waals surface area contributed by atoms with Gasteiger partial charge in [-0.15, -0.1) is 11.8 Å². The van der Waals surface area contributed by atoms with Crippen LogP contribution in [-0.2, 0) is 0 Å². The molecule has 4 heteroatoms. The second-order valence-corrected chi connectivity index (χ2v) is 4.37. The van der Waals surface area contributed by atoms with Gasteiger partial charge < -0.3 is 15.6 Å². The molecule has 1 atom stereocenters. The molecule has 0 saturated heterocycles. The van der Waals surface area contributed by atoms with Crippen LogP contribution >= 0.6 is 11.8 Å². The molecule has 0 amide bonds. The number of thioether (sulfide) groups is 1. The SMILES string of the molecule is COc1cccc(SCCO)c1C(C)N. The average molecular weight is 227 g/mol. The summed E-state index contributed by atoms with van der Waals surface area (Å²) in [4.78, 5) is 1.08. The summed E-state index contributed by atoms with van der Waals surface area (Å²) >= 11 is 1.59. The van der Waals surface area contributed by atoms with E-state index in [1.165, 1.54) is 0 Å². The van der Waals surface area contributed by atoms with E-state index in [2.05, 4.69) is 0 Å². The van der Waals surface area contributed by atoms with E-state index >= 15 is 0 Å². The highest BCUT2D eigenvalue weighted by Crippen LogP contribution is 2.33. The standard InChI is InChI=1S/C11H17NO2S/c1-8(12)11-9(14-2)4-3-5-10(11)15-7-6-13/h3-5,8,13H,6-7,12H2,1-2H3. The molecule has 0 aliphatic rings. The average Bonchev–Trinajstić information content (AvgIpc) is 2.25. The normalized spacial score (nSPS) is 12.5. The van der Waals surface area contributed by atoms with Crippen LogP contribution in [0.15, 0.2) is 23.1 Å². The third kappa shape index (κ3) is 3.12. The van der Waals surface area contributed by atoms with Gasteiger partial charge in [0.05, 0.1) is 13.7 Å². The van der Waals surface area contributed by atoms with Crippen molar-refractivity contribution in [1.82, 2.24) is 0 Å². The smallest absolute Gasteiger partial charge is 0.124 e. The lowest BCUT2D eigenvalue weighted by Gasteiger charge is -2.15. The second-order valence-electron chi connectivity index (χ2n) is 3.23. The number of methoxy groups -OCH3 is 1. The van der Waals surface area contributed by atoms with E-state index in [1.807, 2.05) is 25.1 Å². The molecule has 0 heterocycles. The molecule has 0 fully saturated rings. The lowest BCUT2D eigenvalue weighted by atomic mass is 10.1. The van der Waals surface area contributed by atoms with Gasteiger partial charge in [-0.1, -0.05) is 6.07 Å². The molecule has 0 aliphatic heterocycles. The first-order valence-electron chi connectivity index (χ1n) is 4.86. The van der Waals surface area contributed by atoms with Crippen LogP contribution in [0.5, 0.6) is 5.75 Å². The lowest BCUT2D eigenvalue weighted by molar-refractivity contribution is 0.322. The Hall–Kier alpha value is -0.710. The first-order valence-corrected chi connectivity index (χ1v) is 5.85. The predicted molar refractivity (Wildman–Crippen MR) is 63.4 cm³/mol. The summed E-state index contributed by atoms with van der Waals surface area (Å²) in [5.41, 5.74) is 6.92. The number of ether oxygens (including phenoxy) is 1. The molecule has 0 radical (unpaired) electrons. The van der Waals surface area contributed by atoms with Crippen LogP contribution in [0.2, 0.25) is 0 Å². The fourth-order valence-corrected chi connectivity index (χ4v) is 2.36. The molecule has 1 unspecified atom stereocenters. The van der Waals surface area contributed by atoms with Crippen molar-refractivity contribution in [2.75, 3.05) is 19.5 Å². The van der Waals surface area contributed by atoms with Crippen molar-refractivity contribution < 1.29 is 9.84 Å². The van der Waals surface area contributed by atoms with Gasteiger partial charge in [0.15, 0.2) is 0 Å². The molecule has 0 saturated carbocycles. The molecule has 0 spiro atoms. The summed E-state index contributed by atoms with van der Waals surface area (Å²) in [7, 11) is 1.64. The summed E-state index contributed by atoms with van der Waals surface area (Å²) in [6.45, 7) is 2.10. The minimum Gasteiger partial charge on any atom is -0.496 e. The summed E-state index contributed by atoms with van der Waals surface area (Å²) in [6, 6.07) is 5.77. The zero-order chi connectivity index (χ0) is 11.3. The number of benzene rings is 1. The molecule has 1 rings (SSSR count). The Balaban J connectivity index is 3.02. The molecule has 15 heavy (non-hydrogen) atoms. The molecular weight excluding hydrogens is 210 g/mol. The predicted octanol–water partition coefficient (Wildman–Crippen LogP) is 1.80. The number of rotatable bonds is 5. The molecule has 0 aromatic heterocycles. The van der Waals surface area contributed by atoms with Crippen molar-refractivity contribution in [3.8, 4) is 5.75 Å². The van der Waals surface area contributed by atoms with E-state index in [9.17, 15) is 0 Å². The van der Waals surface area contributed by atoms with Gasteiger partial charge in [0.1, 0.15) is 5.75 Å². The van der Waals surface area contributed by atoms with Crippen LogP contribution in [0.3, 0.4) is 0 Å². The van der Waals surface area contributed by atoms with Gasteiger partial charge in [0.25, 0.3) is 0 Å². The van der Waals surface area contributed by atoms with E-state index in [4.69, 9.17) is 15.6 Å². The van der Waals surface area contributed by atoms with Crippen LogP contribution in [0.4, 0.5) is 0 Å². The number of aliphatic hydroxyl groups is 1. The molecular formula is C11H17NO2S. The highest BCUT2D eigenvalue weighted by molar-refractivity contribution is 7.99. The minimum atomic E-state index is -0.0673. The third-order valence-corrected chi connectivity index (χ3v) is 3.10. The highest BCUT2D eigenvalue weighted by atomic mass is 32.2. The maximum atomic E-state index is 8.80. The van der Waals surface area contributed by atoms with Crippen molar-refractivity contribution in [3.05, 3.63) is 23.8 Å². The lowest BCUT2D eigenvalue weighted by Crippen LogP contribution is -2.08. The number of nitrogens with two attached hydrogens (primary N) is 1. The molecule has 0 bridgehead atoms. The van der Waals surface area contributed by atoms with Crippen LogP contribution < -0.4 is 10.5 Å². The molecule has 3 nitrogen and oxygen atoms in total. The number of aliphatic hydroxyl groups excluding tert-OH is 1. The Morgan fingerprint density at radius 3 is 2.80 bits per heavy atom. The zero-order valence-corrected chi connectivity index (χ0v) is 9.88. The van der Waals surface area contributed by atoms with E-state index in [1.54, 1.807) is 18.9 Å². The van der Waals surface area contributed by atoms with Crippen LogP contribution in [-0.4, -0.2) is 24.6 Å². The number of hydrogen-bond acceptors (Lipinski definition) is 4. The zero-order valence-electron chi connectivity index (χ0n) is 9.06. The largest absolute Gasteiger partial charge is 0.496 e. The molecule has 1 aromatic carbocycles. The minimum absolute atomic E-state index is 0.0673. The van der Waals surface area contributed by atoms with Crippen LogP contribution in [0.1, 0.15) is 18.5 Å². The van der Waals surface area contributed by atoms with E-state index in [0.29, 0.717) is 5.75 Å². The van der Waals surface area contributed by atoms with Gasteiger partial charge in [-0.2, -0.15) is 0 Å². The van der Waals surface area contributed by atoms with Gasteiger partial charge in [-0.25, -0.2) is 0 Å². The van der Waals surface area contributed by atoms with Crippen LogP contribution in [0, 0.1) is 0 Å². The Bertz CT molecular complexity index is 315. The second kappa shape index (κ2) is 6.00. The van der Waals surface area contributed by atoms with Crippen molar-refractivity contribution in [2.24, 2.45) is 5.73 Å². The van der Waals surface area contributed by atoms with Crippen molar-refractivity contribution >= 4 is 11.8 Å². The van der Waals surface area contributed by atoms with E-state index in [0.717, 1.165) is 16.2 Å². The summed E-state index contributed by atoms with van der Waals surface area (Å²) < 4.78 is 5.27.